The fourth-order valence-electron chi connectivity index (χ4n) is 3.20. The van der Waals surface area contributed by atoms with Gasteiger partial charge in [-0.05, 0) is 0 Å². The Morgan fingerprint density at radius 2 is 1.30 bits per heavy atom. The number of aryl methyl sites for hydroxylation is 1. The Labute approximate surface area is 173 Å². The second kappa shape index (κ2) is 9.98. The fraction of sp³-hybridized carbons (Fsp3) is 0.167. The third kappa shape index (κ3) is 4.69. The van der Waals surface area contributed by atoms with Gasteiger partial charge in [0.15, 0.2) is 0 Å². The van der Waals surface area contributed by atoms with Gasteiger partial charge in [-0.15, -0.1) is 39.7 Å². The van der Waals surface area contributed by atoms with E-state index >= 15 is 0 Å². The van der Waals surface area contributed by atoms with Crippen LogP contribution in [-0.4, -0.2) is 8.07 Å². The largest absolute Gasteiger partial charge is 4.00 e. The van der Waals surface area contributed by atoms with Gasteiger partial charge in [-0.3, -0.25) is 0 Å². The van der Waals surface area contributed by atoms with Gasteiger partial charge in [0.25, 0.3) is 0 Å². The van der Waals surface area contributed by atoms with Crippen molar-refractivity contribution in [2.24, 2.45) is 0 Å². The van der Waals surface area contributed by atoms with Gasteiger partial charge in [0.2, 0.25) is 0 Å². The molecule has 0 N–H and O–H groups in total. The van der Waals surface area contributed by atoms with Crippen LogP contribution in [0.2, 0.25) is 13.1 Å². The van der Waals surface area contributed by atoms with Crippen molar-refractivity contribution >= 4 is 29.2 Å². The number of fused-ring (bicyclic) bond motifs is 1. The molecule has 0 amide bonds. The summed E-state index contributed by atoms with van der Waals surface area (Å²) in [5.74, 6) is 0. The van der Waals surface area contributed by atoms with E-state index in [0.29, 0.717) is 0 Å². The maximum atomic E-state index is 2.46. The van der Waals surface area contributed by atoms with Crippen LogP contribution < -0.4 is 47.6 Å². The smallest absolute Gasteiger partial charge is 1.00 e. The topological polar surface area (TPSA) is 0 Å². The minimum atomic E-state index is -1.61. The first-order chi connectivity index (χ1) is 9.10. The minimum Gasteiger partial charge on any atom is -1.00 e. The summed E-state index contributed by atoms with van der Waals surface area (Å²) in [6.45, 7) is 7.17. The predicted molar refractivity (Wildman–Crippen MR) is 87.5 cm³/mol. The van der Waals surface area contributed by atoms with Gasteiger partial charge >= 0.3 is 21.7 Å². The first-order valence-corrected chi connectivity index (χ1v) is 9.82. The van der Waals surface area contributed by atoms with Gasteiger partial charge in [0, 0.05) is 0 Å². The maximum Gasteiger partial charge on any atom is 4.00 e. The molecule has 0 spiro atoms. The van der Waals surface area contributed by atoms with E-state index in [2.05, 4.69) is 80.7 Å². The molecule has 0 aliphatic heterocycles. The summed E-state index contributed by atoms with van der Waals surface area (Å²) in [4.78, 5) is 0. The van der Waals surface area contributed by atoms with Crippen molar-refractivity contribution in [2.75, 3.05) is 0 Å². The average molecular weight is 418 g/mol. The summed E-state index contributed by atoms with van der Waals surface area (Å²) in [6, 6.07) is 22.1. The summed E-state index contributed by atoms with van der Waals surface area (Å²) < 4.78 is 0. The molecule has 120 valence electrons. The Morgan fingerprint density at radius 1 is 0.783 bits per heavy atom. The molecule has 0 bridgehead atoms. The molecule has 0 fully saturated rings. The molecule has 0 aliphatic rings. The first kappa shape index (κ1) is 25.1. The van der Waals surface area contributed by atoms with Crippen LogP contribution in [0.5, 0.6) is 0 Å². The third-order valence-corrected chi connectivity index (χ3v) is 7.81. The Balaban J connectivity index is 0. The molecule has 0 aromatic heterocycles. The van der Waals surface area contributed by atoms with Crippen LogP contribution in [0.3, 0.4) is 0 Å². The molecule has 0 unspecified atom stereocenters. The Kier molecular flexibility index (Phi) is 10.9. The third-order valence-electron chi connectivity index (χ3n) is 4.12. The van der Waals surface area contributed by atoms with Crippen LogP contribution in [0.4, 0.5) is 0 Å². The van der Waals surface area contributed by atoms with E-state index in [-0.39, 0.29) is 58.9 Å². The van der Waals surface area contributed by atoms with E-state index in [9.17, 15) is 0 Å². The Bertz CT molecular complexity index is 723. The zero-order valence-corrected chi connectivity index (χ0v) is 18.2. The Morgan fingerprint density at radius 3 is 1.91 bits per heavy atom. The van der Waals surface area contributed by atoms with Crippen molar-refractivity contribution < 1.29 is 58.9 Å². The fourth-order valence-corrected chi connectivity index (χ4v) is 6.47. The van der Waals surface area contributed by atoms with Crippen LogP contribution in [0.1, 0.15) is 5.56 Å². The predicted octanol–water partition coefficient (Wildman–Crippen LogP) is -5.30. The van der Waals surface area contributed by atoms with Crippen molar-refractivity contribution in [3.05, 3.63) is 66.2 Å². The monoisotopic (exact) mass is 416 g/mol. The normalized spacial score (nSPS) is 9.87. The van der Waals surface area contributed by atoms with Gasteiger partial charge in [-0.2, -0.15) is 6.07 Å². The molecule has 0 atom stereocenters. The maximum absolute atomic E-state index is 2.46. The Hall–Kier alpha value is -0.149. The number of benzene rings is 2. The molecule has 3 aromatic carbocycles. The molecule has 0 saturated carbocycles. The van der Waals surface area contributed by atoms with E-state index in [0.717, 1.165) is 0 Å². The van der Waals surface area contributed by atoms with Gasteiger partial charge in [0.1, 0.15) is 0 Å². The van der Waals surface area contributed by atoms with Crippen LogP contribution >= 0.6 is 0 Å². The summed E-state index contributed by atoms with van der Waals surface area (Å²) in [7, 11) is -1.61. The van der Waals surface area contributed by atoms with E-state index in [1.165, 1.54) is 21.5 Å². The number of halogens is 3. The molecule has 3 aromatic rings. The summed E-state index contributed by atoms with van der Waals surface area (Å²) >= 11 is 0. The molecule has 0 nitrogen and oxygen atoms in total. The van der Waals surface area contributed by atoms with Crippen LogP contribution in [0.15, 0.2) is 60.7 Å². The molecular formula is C18H19Cl3SiTi. The first-order valence-electron chi connectivity index (χ1n) is 6.82. The zero-order valence-electron chi connectivity index (χ0n) is 13.4. The van der Waals surface area contributed by atoms with E-state index in [1.807, 2.05) is 0 Å². The number of rotatable bonds is 2. The summed E-state index contributed by atoms with van der Waals surface area (Å²) in [5.41, 5.74) is 1.45. The van der Waals surface area contributed by atoms with E-state index < -0.39 is 8.07 Å². The molecule has 5 heteroatoms. The molecule has 3 rings (SSSR count). The average Bonchev–Trinajstić information content (AvgIpc) is 2.76. The quantitative estimate of drug-likeness (QED) is 0.289. The summed E-state index contributed by atoms with van der Waals surface area (Å²) in [6.07, 6.45) is 0. The van der Waals surface area contributed by atoms with E-state index in [1.54, 1.807) is 5.19 Å². The summed E-state index contributed by atoms with van der Waals surface area (Å²) in [5, 5.41) is 5.93. The van der Waals surface area contributed by atoms with Crippen molar-refractivity contribution in [1.82, 2.24) is 0 Å². The molecule has 0 aliphatic carbocycles. The molecular weight excluding hydrogens is 399 g/mol. The van der Waals surface area contributed by atoms with Crippen LogP contribution in [0.25, 0.3) is 10.8 Å². The van der Waals surface area contributed by atoms with Crippen molar-refractivity contribution in [2.45, 2.75) is 20.0 Å². The van der Waals surface area contributed by atoms with Crippen molar-refractivity contribution in [3.63, 3.8) is 0 Å². The van der Waals surface area contributed by atoms with Gasteiger partial charge in [0.05, 0.1) is 8.07 Å². The van der Waals surface area contributed by atoms with Crippen LogP contribution in [-0.2, 0) is 21.7 Å². The molecule has 0 radical (unpaired) electrons. The minimum absolute atomic E-state index is 0. The van der Waals surface area contributed by atoms with Crippen molar-refractivity contribution in [1.29, 1.82) is 0 Å². The van der Waals surface area contributed by atoms with Crippen molar-refractivity contribution in [3.8, 4) is 0 Å². The molecule has 0 saturated heterocycles. The standard InChI is InChI=1S/C18H19Si.3ClH.Ti/c1-14-13-15-9-7-8-12-17(15)18(14)19(2,3)16-10-5-4-6-11-16;;;;/h4-13H,1-3H3;3*1H;/q-1;;;;+4/p-3. The second-order valence-electron chi connectivity index (χ2n) is 5.78. The molecule has 23 heavy (non-hydrogen) atoms. The van der Waals surface area contributed by atoms with E-state index in [4.69, 9.17) is 0 Å². The zero-order chi connectivity index (χ0) is 13.5. The van der Waals surface area contributed by atoms with Crippen LogP contribution in [0, 0.1) is 6.92 Å². The van der Waals surface area contributed by atoms with Gasteiger partial charge in [-0.25, -0.2) is 0 Å². The number of hydrogen-bond acceptors (Lipinski definition) is 0. The van der Waals surface area contributed by atoms with Gasteiger partial charge < -0.3 is 37.2 Å². The second-order valence-corrected chi connectivity index (χ2v) is 10.1. The number of hydrogen-bond donors (Lipinski definition) is 0. The molecule has 0 heterocycles. The SMILES string of the molecule is Cc1cc2ccccc2[c-]1[Si](C)(C)c1ccccc1.[Cl-].[Cl-].[Cl-].[Ti+4]. The van der Waals surface area contributed by atoms with Gasteiger partial charge in [-0.1, -0.05) is 61.6 Å².